The first-order chi connectivity index (χ1) is 19.0. The first-order valence-corrected chi connectivity index (χ1v) is 14.7. The predicted octanol–water partition coefficient (Wildman–Crippen LogP) is 4.52. The van der Waals surface area contributed by atoms with Gasteiger partial charge in [0.15, 0.2) is 11.5 Å². The summed E-state index contributed by atoms with van der Waals surface area (Å²) >= 11 is 0. The minimum absolute atomic E-state index is 0.0259. The largest absolute Gasteiger partial charge is 0.493 e. The van der Waals surface area contributed by atoms with Gasteiger partial charge in [0.2, 0.25) is 0 Å². The highest BCUT2D eigenvalue weighted by Crippen LogP contribution is 2.35. The van der Waals surface area contributed by atoms with Gasteiger partial charge in [-0.1, -0.05) is 13.8 Å². The molecule has 0 bridgehead atoms. The van der Waals surface area contributed by atoms with Crippen LogP contribution in [0.2, 0.25) is 0 Å². The third kappa shape index (κ3) is 8.88. The molecule has 3 fully saturated rings. The van der Waals surface area contributed by atoms with E-state index in [4.69, 9.17) is 28.4 Å². The lowest BCUT2D eigenvalue weighted by atomic mass is 9.87. The molecular weight excluding hydrogens is 500 g/mol. The molecule has 2 aliphatic heterocycles. The Hall–Kier alpha value is -2.23. The van der Waals surface area contributed by atoms with Crippen LogP contribution in [0.15, 0.2) is 18.2 Å². The summed E-state index contributed by atoms with van der Waals surface area (Å²) in [5, 5.41) is 3.58. The van der Waals surface area contributed by atoms with Crippen molar-refractivity contribution in [3.05, 3.63) is 18.2 Å². The Morgan fingerprint density at radius 2 is 1.82 bits per heavy atom. The maximum Gasteiger partial charge on any atom is 0.410 e. The topological polar surface area (TPSA) is 87.7 Å². The molecule has 2 saturated heterocycles. The summed E-state index contributed by atoms with van der Waals surface area (Å²) in [5.41, 5.74) is 0. The van der Waals surface area contributed by atoms with Crippen LogP contribution in [0.3, 0.4) is 0 Å². The summed E-state index contributed by atoms with van der Waals surface area (Å²) in [6.45, 7) is 9.51. The van der Waals surface area contributed by atoms with Crippen LogP contribution in [0.1, 0.15) is 52.4 Å². The van der Waals surface area contributed by atoms with Gasteiger partial charge >= 0.3 is 6.09 Å². The molecule has 4 rings (SSSR count). The molecular formula is C30H48N2O7. The second kappa shape index (κ2) is 15.0. The van der Waals surface area contributed by atoms with Gasteiger partial charge in [-0.25, -0.2) is 4.79 Å². The van der Waals surface area contributed by atoms with Crippen LogP contribution in [0.4, 0.5) is 4.79 Å². The number of nitrogens with zero attached hydrogens (tertiary/aromatic N) is 1. The molecule has 1 amide bonds. The maximum atomic E-state index is 13.1. The molecule has 0 unspecified atom stereocenters. The van der Waals surface area contributed by atoms with Gasteiger partial charge in [-0.2, -0.15) is 0 Å². The van der Waals surface area contributed by atoms with Crippen molar-refractivity contribution in [3.8, 4) is 17.2 Å². The molecule has 220 valence electrons. The van der Waals surface area contributed by atoms with Crippen molar-refractivity contribution in [1.29, 1.82) is 0 Å². The monoisotopic (exact) mass is 548 g/mol. The SMILES string of the molecule is COCCCOc1cc(O[C@H](C[C@H]2CNC[C@H]2CN(C(=O)OC2CCOCC2)C2CC2)C(C)C)ccc1OC. The summed E-state index contributed by atoms with van der Waals surface area (Å²) in [7, 11) is 3.33. The van der Waals surface area contributed by atoms with Crippen molar-refractivity contribution in [2.45, 2.75) is 70.6 Å². The number of hydrogen-bond donors (Lipinski definition) is 1. The Labute approximate surface area is 233 Å². The van der Waals surface area contributed by atoms with Gasteiger partial charge < -0.3 is 38.6 Å². The van der Waals surface area contributed by atoms with Crippen LogP contribution in [-0.4, -0.2) is 89.5 Å². The van der Waals surface area contributed by atoms with Crippen LogP contribution in [0.5, 0.6) is 17.2 Å². The van der Waals surface area contributed by atoms with E-state index in [1.807, 2.05) is 23.1 Å². The highest BCUT2D eigenvalue weighted by molar-refractivity contribution is 5.68. The van der Waals surface area contributed by atoms with Crippen LogP contribution >= 0.6 is 0 Å². The van der Waals surface area contributed by atoms with Crippen LogP contribution in [0, 0.1) is 17.8 Å². The van der Waals surface area contributed by atoms with E-state index < -0.39 is 0 Å². The third-order valence-corrected chi connectivity index (χ3v) is 8.02. The zero-order chi connectivity index (χ0) is 27.6. The minimum Gasteiger partial charge on any atom is -0.493 e. The van der Waals surface area contributed by atoms with Crippen molar-refractivity contribution >= 4 is 6.09 Å². The first-order valence-electron chi connectivity index (χ1n) is 14.7. The van der Waals surface area contributed by atoms with Gasteiger partial charge in [0.25, 0.3) is 0 Å². The molecule has 3 atom stereocenters. The number of carbonyl (C=O) groups is 1. The Bertz CT molecular complexity index is 888. The molecule has 1 N–H and O–H groups in total. The lowest BCUT2D eigenvalue weighted by Crippen LogP contribution is -2.42. The highest BCUT2D eigenvalue weighted by Gasteiger charge is 2.39. The normalized spacial score (nSPS) is 22.5. The van der Waals surface area contributed by atoms with Gasteiger partial charge in [-0.3, -0.25) is 0 Å². The molecule has 1 aromatic carbocycles. The Balaban J connectivity index is 1.36. The molecule has 1 saturated carbocycles. The van der Waals surface area contributed by atoms with Crippen molar-refractivity contribution in [2.24, 2.45) is 17.8 Å². The summed E-state index contributed by atoms with van der Waals surface area (Å²) in [5.74, 6) is 3.26. The van der Waals surface area contributed by atoms with E-state index in [-0.39, 0.29) is 18.3 Å². The predicted molar refractivity (Wildman–Crippen MR) is 149 cm³/mol. The second-order valence-corrected chi connectivity index (χ2v) is 11.4. The number of nitrogens with one attached hydrogen (secondary N) is 1. The van der Waals surface area contributed by atoms with Crippen LogP contribution in [0.25, 0.3) is 0 Å². The molecule has 1 aliphatic carbocycles. The van der Waals surface area contributed by atoms with E-state index in [9.17, 15) is 4.79 Å². The molecule has 1 aromatic rings. The molecule has 0 aromatic heterocycles. The van der Waals surface area contributed by atoms with E-state index >= 15 is 0 Å². The zero-order valence-corrected chi connectivity index (χ0v) is 24.2. The first kappa shape index (κ1) is 29.7. The zero-order valence-electron chi connectivity index (χ0n) is 24.2. The molecule has 3 aliphatic rings. The van der Waals surface area contributed by atoms with Crippen LogP contribution < -0.4 is 19.5 Å². The third-order valence-electron chi connectivity index (χ3n) is 8.02. The number of benzene rings is 1. The van der Waals surface area contributed by atoms with E-state index in [2.05, 4.69) is 19.2 Å². The van der Waals surface area contributed by atoms with Crippen molar-refractivity contribution in [1.82, 2.24) is 10.2 Å². The Kier molecular flexibility index (Phi) is 11.4. The quantitative estimate of drug-likeness (QED) is 0.320. The second-order valence-electron chi connectivity index (χ2n) is 11.4. The Morgan fingerprint density at radius 1 is 1.05 bits per heavy atom. The van der Waals surface area contributed by atoms with E-state index in [1.54, 1.807) is 14.2 Å². The van der Waals surface area contributed by atoms with Gasteiger partial charge in [-0.15, -0.1) is 0 Å². The fourth-order valence-corrected chi connectivity index (χ4v) is 5.45. The molecule has 0 radical (unpaired) electrons. The standard InChI is InChI=1S/C30H48N2O7/c1-21(2)28(38-26-8-9-27(35-4)29(17-26)37-13-5-12-34-3)16-22-18-31-19-23(22)20-32(24-6-7-24)30(33)39-25-10-14-36-15-11-25/h8-9,17,21-25,28,31H,5-7,10-16,18-20H2,1-4H3/t22-,23-,28+/m0/s1. The molecule has 2 heterocycles. The number of rotatable bonds is 15. The van der Waals surface area contributed by atoms with Gasteiger partial charge in [0.05, 0.1) is 26.9 Å². The average molecular weight is 549 g/mol. The molecule has 9 nitrogen and oxygen atoms in total. The fourth-order valence-electron chi connectivity index (χ4n) is 5.45. The number of methoxy groups -OCH3 is 2. The lowest BCUT2D eigenvalue weighted by Gasteiger charge is -2.32. The van der Waals surface area contributed by atoms with E-state index in [0.29, 0.717) is 61.7 Å². The smallest absolute Gasteiger partial charge is 0.410 e. The van der Waals surface area contributed by atoms with Gasteiger partial charge in [-0.05, 0) is 62.2 Å². The molecule has 0 spiro atoms. The number of hydrogen-bond acceptors (Lipinski definition) is 8. The van der Waals surface area contributed by atoms with Crippen LogP contribution in [-0.2, 0) is 14.2 Å². The van der Waals surface area contributed by atoms with E-state index in [0.717, 1.165) is 63.9 Å². The lowest BCUT2D eigenvalue weighted by molar-refractivity contribution is -0.0129. The Morgan fingerprint density at radius 3 is 2.51 bits per heavy atom. The van der Waals surface area contributed by atoms with Crippen molar-refractivity contribution < 1.29 is 33.2 Å². The van der Waals surface area contributed by atoms with E-state index in [1.165, 1.54) is 0 Å². The summed E-state index contributed by atoms with van der Waals surface area (Å²) in [6, 6.07) is 6.08. The highest BCUT2D eigenvalue weighted by atomic mass is 16.6. The summed E-state index contributed by atoms with van der Waals surface area (Å²) < 4.78 is 34.5. The minimum atomic E-state index is -0.150. The molecule has 39 heavy (non-hydrogen) atoms. The van der Waals surface area contributed by atoms with Crippen molar-refractivity contribution in [2.75, 3.05) is 60.3 Å². The average Bonchev–Trinajstić information content (AvgIpc) is 3.69. The molecule has 9 heteroatoms. The van der Waals surface area contributed by atoms with Gasteiger partial charge in [0, 0.05) is 51.6 Å². The summed E-state index contributed by atoms with van der Waals surface area (Å²) in [6.07, 6.45) is 5.29. The van der Waals surface area contributed by atoms with Crippen molar-refractivity contribution in [3.63, 3.8) is 0 Å². The number of carbonyl (C=O) groups excluding carboxylic acids is 1. The number of amides is 1. The van der Waals surface area contributed by atoms with Gasteiger partial charge in [0.1, 0.15) is 18.0 Å². The number of ether oxygens (including phenoxy) is 6. The summed E-state index contributed by atoms with van der Waals surface area (Å²) in [4.78, 5) is 15.1. The maximum absolute atomic E-state index is 13.1. The fraction of sp³-hybridized carbons (Fsp3) is 0.767.